The summed E-state index contributed by atoms with van der Waals surface area (Å²) in [4.78, 5) is 23.0. The second-order valence-corrected chi connectivity index (χ2v) is 4.91. The summed E-state index contributed by atoms with van der Waals surface area (Å²) in [5.41, 5.74) is 2.57. The zero-order valence-electron chi connectivity index (χ0n) is 13.0. The largest absolute Gasteiger partial charge is 0.376 e. The summed E-state index contributed by atoms with van der Waals surface area (Å²) in [5.74, 6) is -0.402. The Bertz CT molecular complexity index is 670. The number of imide groups is 1. The first kappa shape index (κ1) is 16.4. The summed E-state index contributed by atoms with van der Waals surface area (Å²) in [6.45, 7) is 4.39. The van der Waals surface area contributed by atoms with Gasteiger partial charge in [0.2, 0.25) is 5.91 Å². The van der Waals surface area contributed by atoms with Gasteiger partial charge in [-0.3, -0.25) is 10.1 Å². The van der Waals surface area contributed by atoms with Gasteiger partial charge in [0.25, 0.3) is 0 Å². The maximum atomic E-state index is 11.7. The number of carbonyl (C=O) groups is 2. The molecule has 0 saturated heterocycles. The lowest BCUT2D eigenvalue weighted by molar-refractivity contribution is -0.118. The molecule has 1 aromatic carbocycles. The van der Waals surface area contributed by atoms with Crippen molar-refractivity contribution >= 4 is 17.6 Å². The minimum absolute atomic E-state index is 0.00319. The lowest BCUT2D eigenvalue weighted by atomic mass is 10.2. The smallest absolute Gasteiger partial charge is 0.321 e. The average molecular weight is 317 g/mol. The number of tetrazole rings is 1. The fourth-order valence-electron chi connectivity index (χ4n) is 1.93. The average Bonchev–Trinajstić information content (AvgIpc) is 3.05. The molecule has 3 N–H and O–H groups in total. The number of anilines is 1. The molecule has 0 radical (unpaired) electrons. The Morgan fingerprint density at radius 2 is 2.13 bits per heavy atom. The molecule has 0 unspecified atom stereocenters. The van der Waals surface area contributed by atoms with Crippen molar-refractivity contribution in [1.82, 2.24) is 30.8 Å². The van der Waals surface area contributed by atoms with Gasteiger partial charge >= 0.3 is 6.03 Å². The predicted molar refractivity (Wildman–Crippen MR) is 84.2 cm³/mol. The highest BCUT2D eigenvalue weighted by molar-refractivity contribution is 5.96. The number of hydrogen-bond acceptors (Lipinski definition) is 6. The number of amides is 3. The van der Waals surface area contributed by atoms with E-state index in [9.17, 15) is 9.59 Å². The summed E-state index contributed by atoms with van der Waals surface area (Å²) >= 11 is 0. The van der Waals surface area contributed by atoms with Crippen LogP contribution in [0.4, 0.5) is 10.5 Å². The third-order valence-electron chi connectivity index (χ3n) is 3.03. The van der Waals surface area contributed by atoms with Crippen LogP contribution in [0.15, 0.2) is 24.5 Å². The van der Waals surface area contributed by atoms with E-state index in [1.807, 2.05) is 32.0 Å². The topological polar surface area (TPSA) is 114 Å². The number of carbonyl (C=O) groups excluding carboxylic acids is 2. The van der Waals surface area contributed by atoms with Gasteiger partial charge in [-0.05, 0) is 47.5 Å². The maximum Gasteiger partial charge on any atom is 0.321 e. The molecule has 3 amide bonds. The van der Waals surface area contributed by atoms with Crippen molar-refractivity contribution in [1.29, 1.82) is 0 Å². The molecule has 23 heavy (non-hydrogen) atoms. The van der Waals surface area contributed by atoms with Crippen LogP contribution in [0.5, 0.6) is 0 Å². The van der Waals surface area contributed by atoms with Crippen molar-refractivity contribution in [3.8, 4) is 5.69 Å². The second-order valence-electron chi connectivity index (χ2n) is 4.91. The molecule has 1 aromatic heterocycles. The molecule has 0 saturated carbocycles. The van der Waals surface area contributed by atoms with Crippen LogP contribution in [0.2, 0.25) is 0 Å². The molecule has 9 heteroatoms. The van der Waals surface area contributed by atoms with Crippen LogP contribution in [-0.2, 0) is 4.79 Å². The maximum absolute atomic E-state index is 11.7. The fourth-order valence-corrected chi connectivity index (χ4v) is 1.93. The molecular weight excluding hydrogens is 298 g/mol. The molecule has 9 nitrogen and oxygen atoms in total. The third-order valence-corrected chi connectivity index (χ3v) is 3.03. The Balaban J connectivity index is 1.88. The van der Waals surface area contributed by atoms with E-state index in [1.165, 1.54) is 6.33 Å². The van der Waals surface area contributed by atoms with Crippen LogP contribution in [-0.4, -0.2) is 45.2 Å². The van der Waals surface area contributed by atoms with Crippen molar-refractivity contribution in [2.45, 2.75) is 20.3 Å². The SMILES string of the molecule is CCCNC(=O)NC(=O)CNc1ccc(-n2cnnn2)c(C)c1. The van der Waals surface area contributed by atoms with Crippen molar-refractivity contribution in [2.24, 2.45) is 0 Å². The number of nitrogens with zero attached hydrogens (tertiary/aromatic N) is 4. The molecule has 0 atom stereocenters. The fraction of sp³-hybridized carbons (Fsp3) is 0.357. The molecule has 122 valence electrons. The van der Waals surface area contributed by atoms with Gasteiger partial charge < -0.3 is 10.6 Å². The van der Waals surface area contributed by atoms with Gasteiger partial charge in [-0.25, -0.2) is 9.48 Å². The highest BCUT2D eigenvalue weighted by Crippen LogP contribution is 2.17. The van der Waals surface area contributed by atoms with E-state index in [-0.39, 0.29) is 6.54 Å². The van der Waals surface area contributed by atoms with Gasteiger partial charge in [0.15, 0.2) is 0 Å². The molecular formula is C14H19N7O2. The van der Waals surface area contributed by atoms with E-state index < -0.39 is 11.9 Å². The van der Waals surface area contributed by atoms with E-state index in [1.54, 1.807) is 4.68 Å². The summed E-state index contributed by atoms with van der Waals surface area (Å²) in [6, 6.07) is 5.05. The van der Waals surface area contributed by atoms with Crippen molar-refractivity contribution in [3.63, 3.8) is 0 Å². The van der Waals surface area contributed by atoms with E-state index >= 15 is 0 Å². The number of rotatable bonds is 6. The standard InChI is InChI=1S/C14H19N7O2/c1-3-6-15-14(23)18-13(22)8-16-11-4-5-12(10(2)7-11)21-9-17-19-20-21/h4-5,7,9,16H,3,6,8H2,1-2H3,(H2,15,18,22,23). The van der Waals surface area contributed by atoms with Crippen molar-refractivity contribution in [2.75, 3.05) is 18.4 Å². The van der Waals surface area contributed by atoms with Gasteiger partial charge in [0.1, 0.15) is 6.33 Å². The lowest BCUT2D eigenvalue weighted by Gasteiger charge is -2.10. The van der Waals surface area contributed by atoms with Crippen molar-refractivity contribution in [3.05, 3.63) is 30.1 Å². The minimum atomic E-state index is -0.483. The Morgan fingerprint density at radius 1 is 1.30 bits per heavy atom. The van der Waals surface area contributed by atoms with Crippen LogP contribution in [0, 0.1) is 6.92 Å². The van der Waals surface area contributed by atoms with Gasteiger partial charge in [-0.15, -0.1) is 5.10 Å². The van der Waals surface area contributed by atoms with Crippen LogP contribution in [0.3, 0.4) is 0 Å². The van der Waals surface area contributed by atoms with E-state index in [0.29, 0.717) is 6.54 Å². The number of aryl methyl sites for hydroxylation is 1. The van der Waals surface area contributed by atoms with Gasteiger partial charge in [0, 0.05) is 12.2 Å². The van der Waals surface area contributed by atoms with Crippen LogP contribution in [0.25, 0.3) is 5.69 Å². The lowest BCUT2D eigenvalue weighted by Crippen LogP contribution is -2.42. The molecule has 0 spiro atoms. The molecule has 0 bridgehead atoms. The number of hydrogen-bond donors (Lipinski definition) is 3. The summed E-state index contributed by atoms with van der Waals surface area (Å²) < 4.78 is 1.56. The highest BCUT2D eigenvalue weighted by atomic mass is 16.2. The molecule has 0 aliphatic carbocycles. The Morgan fingerprint density at radius 3 is 2.78 bits per heavy atom. The molecule has 2 rings (SSSR count). The highest BCUT2D eigenvalue weighted by Gasteiger charge is 2.08. The number of aromatic nitrogens is 4. The Labute approximate surface area is 133 Å². The van der Waals surface area contributed by atoms with E-state index in [0.717, 1.165) is 23.4 Å². The summed E-state index contributed by atoms with van der Waals surface area (Å²) in [5, 5.41) is 18.8. The quantitative estimate of drug-likeness (QED) is 0.719. The molecule has 0 fully saturated rings. The monoisotopic (exact) mass is 317 g/mol. The van der Waals surface area contributed by atoms with Crippen LogP contribution < -0.4 is 16.0 Å². The first-order valence-electron chi connectivity index (χ1n) is 7.25. The molecule has 2 aromatic rings. The molecule has 0 aliphatic rings. The second kappa shape index (κ2) is 7.87. The summed E-state index contributed by atoms with van der Waals surface area (Å²) in [6.07, 6.45) is 2.32. The van der Waals surface area contributed by atoms with Crippen LogP contribution >= 0.6 is 0 Å². The summed E-state index contributed by atoms with van der Waals surface area (Å²) in [7, 11) is 0. The van der Waals surface area contributed by atoms with E-state index in [2.05, 4.69) is 31.5 Å². The third kappa shape index (κ3) is 4.77. The van der Waals surface area contributed by atoms with E-state index in [4.69, 9.17) is 0 Å². The first-order chi connectivity index (χ1) is 11.1. The molecule has 1 heterocycles. The number of nitrogens with one attached hydrogen (secondary N) is 3. The number of urea groups is 1. The zero-order chi connectivity index (χ0) is 16.7. The predicted octanol–water partition coefficient (Wildman–Crippen LogP) is 0.618. The minimum Gasteiger partial charge on any atom is -0.376 e. The van der Waals surface area contributed by atoms with Gasteiger partial charge in [-0.2, -0.15) is 0 Å². The van der Waals surface area contributed by atoms with Gasteiger partial charge in [0.05, 0.1) is 12.2 Å². The van der Waals surface area contributed by atoms with Crippen molar-refractivity contribution < 1.29 is 9.59 Å². The zero-order valence-corrected chi connectivity index (χ0v) is 13.0. The Kier molecular flexibility index (Phi) is 5.61. The Hall–Kier alpha value is -2.97. The number of benzene rings is 1. The normalized spacial score (nSPS) is 10.2. The van der Waals surface area contributed by atoms with Gasteiger partial charge in [-0.1, -0.05) is 6.92 Å². The van der Waals surface area contributed by atoms with Crippen LogP contribution in [0.1, 0.15) is 18.9 Å². The molecule has 0 aliphatic heterocycles. The first-order valence-corrected chi connectivity index (χ1v) is 7.25.